The first-order valence-corrected chi connectivity index (χ1v) is 11.9. The zero-order chi connectivity index (χ0) is 23.7. The summed E-state index contributed by atoms with van der Waals surface area (Å²) in [5, 5.41) is 2.74. The number of fused-ring (bicyclic) bond motifs is 1. The summed E-state index contributed by atoms with van der Waals surface area (Å²) in [4.78, 5) is 31.2. The first-order chi connectivity index (χ1) is 15.8. The molecule has 1 aliphatic heterocycles. The van der Waals surface area contributed by atoms with Gasteiger partial charge in [0.15, 0.2) is 0 Å². The molecule has 6 nitrogen and oxygen atoms in total. The number of amides is 2. The zero-order valence-corrected chi connectivity index (χ0v) is 20.9. The highest BCUT2D eigenvalue weighted by Crippen LogP contribution is 2.41. The smallest absolute Gasteiger partial charge is 0.259 e. The molecule has 1 fully saturated rings. The van der Waals surface area contributed by atoms with Crippen LogP contribution >= 0.6 is 12.4 Å². The van der Waals surface area contributed by atoms with Gasteiger partial charge in [0, 0.05) is 36.1 Å². The van der Waals surface area contributed by atoms with Gasteiger partial charge >= 0.3 is 0 Å². The van der Waals surface area contributed by atoms with Gasteiger partial charge in [0.1, 0.15) is 5.82 Å². The van der Waals surface area contributed by atoms with E-state index in [0.29, 0.717) is 35.8 Å². The number of H-pyrrole nitrogens is 1. The highest BCUT2D eigenvalue weighted by molar-refractivity contribution is 6.36. The minimum absolute atomic E-state index is 0. The Kier molecular flexibility index (Phi) is 8.21. The maximum atomic E-state index is 15.0. The molecule has 0 atom stereocenters. The van der Waals surface area contributed by atoms with Crippen molar-refractivity contribution in [2.45, 2.75) is 58.9 Å². The van der Waals surface area contributed by atoms with E-state index in [1.165, 1.54) is 12.1 Å². The van der Waals surface area contributed by atoms with Crippen molar-refractivity contribution in [2.24, 2.45) is 11.7 Å². The van der Waals surface area contributed by atoms with E-state index in [9.17, 15) is 9.59 Å². The topological polar surface area (TPSA) is 91.2 Å². The van der Waals surface area contributed by atoms with Crippen molar-refractivity contribution >= 4 is 41.6 Å². The van der Waals surface area contributed by atoms with Crippen molar-refractivity contribution in [3.63, 3.8) is 0 Å². The summed E-state index contributed by atoms with van der Waals surface area (Å²) in [6.07, 6.45) is 6.36. The van der Waals surface area contributed by atoms with Crippen molar-refractivity contribution in [2.75, 3.05) is 18.0 Å². The molecule has 1 aromatic carbocycles. The lowest BCUT2D eigenvalue weighted by atomic mass is 9.86. The Balaban J connectivity index is 0.00000324. The van der Waals surface area contributed by atoms with E-state index in [4.69, 9.17) is 5.73 Å². The lowest BCUT2D eigenvalue weighted by molar-refractivity contribution is -0.113. The van der Waals surface area contributed by atoms with Gasteiger partial charge in [0.05, 0.1) is 16.8 Å². The highest BCUT2D eigenvalue weighted by atomic mass is 35.5. The molecule has 2 aliphatic rings. The molecule has 2 amide bonds. The number of carbonyl (C=O) groups is 2. The van der Waals surface area contributed by atoms with E-state index in [1.54, 1.807) is 11.0 Å². The summed E-state index contributed by atoms with van der Waals surface area (Å²) in [5.74, 6) is -0.901. The molecule has 1 aromatic heterocycles. The Morgan fingerprint density at radius 3 is 2.56 bits per heavy atom. The largest absolute Gasteiger partial charge is 0.359 e. The standard InChI is InChI=1S/C26H33FN4O2.ClH/c1-4-9-29-25(32)21-13-24-19(11-22(21)27)20(12-23-15(2)10-16(3)30-23)26(33)31(24)14-17-5-7-18(28)8-6-17;/h10-13,17-18,30H,4-9,14,28H2,1-3H3,(H,29,32);1H/b20-12-;. The summed E-state index contributed by atoms with van der Waals surface area (Å²) < 4.78 is 15.0. The molecule has 1 saturated carbocycles. The van der Waals surface area contributed by atoms with E-state index < -0.39 is 11.7 Å². The Labute approximate surface area is 206 Å². The normalized spacial score (nSPS) is 20.9. The maximum absolute atomic E-state index is 15.0. The third kappa shape index (κ3) is 5.20. The fourth-order valence-electron chi connectivity index (χ4n) is 4.87. The average Bonchev–Trinajstić information content (AvgIpc) is 3.23. The monoisotopic (exact) mass is 488 g/mol. The van der Waals surface area contributed by atoms with E-state index in [1.807, 2.05) is 26.8 Å². The Hall–Kier alpha value is -2.64. The summed E-state index contributed by atoms with van der Waals surface area (Å²) in [7, 11) is 0. The second kappa shape index (κ2) is 10.7. The van der Waals surface area contributed by atoms with Gasteiger partial charge in [0.2, 0.25) is 0 Å². The Morgan fingerprint density at radius 2 is 1.94 bits per heavy atom. The van der Waals surface area contributed by atoms with Crippen molar-refractivity contribution in [1.82, 2.24) is 10.3 Å². The maximum Gasteiger partial charge on any atom is 0.259 e. The predicted molar refractivity (Wildman–Crippen MR) is 137 cm³/mol. The van der Waals surface area contributed by atoms with Crippen molar-refractivity contribution in [3.8, 4) is 0 Å². The number of rotatable bonds is 6. The van der Waals surface area contributed by atoms with Crippen LogP contribution in [0.25, 0.3) is 11.6 Å². The molecule has 4 N–H and O–H groups in total. The second-order valence-corrected chi connectivity index (χ2v) is 9.41. The molecule has 1 aliphatic carbocycles. The number of hydrogen-bond donors (Lipinski definition) is 3. The number of nitrogens with one attached hydrogen (secondary N) is 2. The number of aryl methyl sites for hydroxylation is 2. The number of benzene rings is 1. The van der Waals surface area contributed by atoms with Gasteiger partial charge in [-0.1, -0.05) is 6.92 Å². The Morgan fingerprint density at radius 1 is 1.24 bits per heavy atom. The van der Waals surface area contributed by atoms with Crippen molar-refractivity contribution < 1.29 is 14.0 Å². The van der Waals surface area contributed by atoms with Crippen molar-refractivity contribution in [3.05, 3.63) is 52.1 Å². The van der Waals surface area contributed by atoms with Crippen LogP contribution < -0.4 is 16.0 Å². The third-order valence-electron chi connectivity index (χ3n) is 6.73. The van der Waals surface area contributed by atoms with Gasteiger partial charge in [-0.3, -0.25) is 9.59 Å². The number of aromatic nitrogens is 1. The lowest BCUT2D eigenvalue weighted by Gasteiger charge is -2.30. The molecule has 8 heteroatoms. The average molecular weight is 489 g/mol. The van der Waals surface area contributed by atoms with Crippen LogP contribution in [0.15, 0.2) is 18.2 Å². The molecule has 34 heavy (non-hydrogen) atoms. The minimum atomic E-state index is -0.620. The second-order valence-electron chi connectivity index (χ2n) is 9.41. The van der Waals surface area contributed by atoms with Gasteiger partial charge in [-0.15, -0.1) is 12.4 Å². The van der Waals surface area contributed by atoms with Gasteiger partial charge in [-0.25, -0.2) is 4.39 Å². The molecule has 0 saturated heterocycles. The number of hydrogen-bond acceptors (Lipinski definition) is 3. The van der Waals surface area contributed by atoms with Crippen LogP contribution in [0.3, 0.4) is 0 Å². The van der Waals surface area contributed by atoms with Gasteiger partial charge in [-0.2, -0.15) is 0 Å². The molecule has 0 bridgehead atoms. The highest BCUT2D eigenvalue weighted by Gasteiger charge is 2.36. The molecule has 184 valence electrons. The first kappa shape index (κ1) is 26.0. The third-order valence-corrected chi connectivity index (χ3v) is 6.73. The number of nitrogens with zero attached hydrogens (tertiary/aromatic N) is 1. The van der Waals surface area contributed by atoms with Crippen LogP contribution in [0.1, 0.15) is 71.9 Å². The lowest BCUT2D eigenvalue weighted by Crippen LogP contribution is -2.36. The van der Waals surface area contributed by atoms with Crippen LogP contribution in [-0.4, -0.2) is 35.9 Å². The van der Waals surface area contributed by atoms with Gasteiger partial charge in [0.25, 0.3) is 11.8 Å². The van der Waals surface area contributed by atoms with E-state index in [2.05, 4.69) is 10.3 Å². The van der Waals surface area contributed by atoms with Gasteiger partial charge in [-0.05, 0) is 81.7 Å². The molecule has 0 spiro atoms. The fraction of sp³-hybridized carbons (Fsp3) is 0.462. The first-order valence-electron chi connectivity index (χ1n) is 11.9. The van der Waals surface area contributed by atoms with Crippen LogP contribution in [0, 0.1) is 25.6 Å². The van der Waals surface area contributed by atoms with Crippen LogP contribution in [0.2, 0.25) is 0 Å². The molecule has 0 radical (unpaired) electrons. The van der Waals surface area contributed by atoms with E-state index in [0.717, 1.165) is 49.1 Å². The summed E-state index contributed by atoms with van der Waals surface area (Å²) in [6.45, 7) is 6.88. The summed E-state index contributed by atoms with van der Waals surface area (Å²) >= 11 is 0. The summed E-state index contributed by atoms with van der Waals surface area (Å²) in [5.41, 5.74) is 10.5. The van der Waals surface area contributed by atoms with Crippen LogP contribution in [-0.2, 0) is 4.79 Å². The number of carbonyl (C=O) groups excluding carboxylic acids is 2. The predicted octanol–water partition coefficient (Wildman–Crippen LogP) is 4.74. The van der Waals surface area contributed by atoms with Gasteiger partial charge < -0.3 is 20.9 Å². The van der Waals surface area contributed by atoms with E-state index in [-0.39, 0.29) is 29.9 Å². The fourth-order valence-corrected chi connectivity index (χ4v) is 4.87. The molecule has 0 unspecified atom stereocenters. The SMILES string of the molecule is CCCNC(=O)c1cc2c(cc1F)/C(=C/c1[nH]c(C)cc1C)C(=O)N2CC1CCC(N)CC1.Cl. The number of halogens is 2. The van der Waals surface area contributed by atoms with Crippen LogP contribution in [0.5, 0.6) is 0 Å². The number of aromatic amines is 1. The minimum Gasteiger partial charge on any atom is -0.359 e. The number of anilines is 1. The molecular weight excluding hydrogens is 455 g/mol. The van der Waals surface area contributed by atoms with E-state index >= 15 is 4.39 Å². The molecule has 2 aromatic rings. The zero-order valence-electron chi connectivity index (χ0n) is 20.0. The quantitative estimate of drug-likeness (QED) is 0.513. The number of nitrogens with two attached hydrogens (primary N) is 1. The molecule has 4 rings (SSSR count). The Bertz CT molecular complexity index is 1100. The molecule has 2 heterocycles. The van der Waals surface area contributed by atoms with Crippen molar-refractivity contribution in [1.29, 1.82) is 0 Å². The van der Waals surface area contributed by atoms with Crippen LogP contribution in [0.4, 0.5) is 10.1 Å². The summed E-state index contributed by atoms with van der Waals surface area (Å²) in [6, 6.07) is 5.11. The molecular formula is C26H34ClFN4O2.